The predicted molar refractivity (Wildman–Crippen MR) is 81.1 cm³/mol. The first kappa shape index (κ1) is 17.0. The molecule has 4 heteroatoms. The topological polar surface area (TPSA) is 47.3 Å². The van der Waals surface area contributed by atoms with Gasteiger partial charge in [0.2, 0.25) is 5.91 Å². The Morgan fingerprint density at radius 2 is 1.90 bits per heavy atom. The van der Waals surface area contributed by atoms with Gasteiger partial charge in [0.05, 0.1) is 18.5 Å². The van der Waals surface area contributed by atoms with Gasteiger partial charge in [-0.3, -0.25) is 9.69 Å². The molecule has 0 aliphatic heterocycles. The smallest absolute Gasteiger partial charge is 0.236 e. The molecule has 114 valence electrons. The first-order chi connectivity index (χ1) is 9.57. The SMILES string of the molecule is CCC1CCC(C#N)C(N(C)CC(=O)N(CC)CC)C1. The zero-order valence-electron chi connectivity index (χ0n) is 13.4. The van der Waals surface area contributed by atoms with Crippen molar-refractivity contribution >= 4 is 5.91 Å². The molecule has 0 bridgehead atoms. The molecule has 3 unspecified atom stereocenters. The van der Waals surface area contributed by atoms with E-state index >= 15 is 0 Å². The lowest BCUT2D eigenvalue weighted by Gasteiger charge is -2.38. The fourth-order valence-electron chi connectivity index (χ4n) is 3.25. The number of hydrogen-bond acceptors (Lipinski definition) is 3. The van der Waals surface area contributed by atoms with Crippen molar-refractivity contribution in [3.63, 3.8) is 0 Å². The van der Waals surface area contributed by atoms with Crippen molar-refractivity contribution in [3.05, 3.63) is 0 Å². The molecule has 3 atom stereocenters. The molecule has 1 amide bonds. The number of amides is 1. The number of nitriles is 1. The molecule has 1 aliphatic carbocycles. The zero-order chi connectivity index (χ0) is 15.1. The van der Waals surface area contributed by atoms with Crippen molar-refractivity contribution in [3.8, 4) is 6.07 Å². The van der Waals surface area contributed by atoms with Gasteiger partial charge in [-0.1, -0.05) is 13.3 Å². The Kier molecular flexibility index (Phi) is 7.01. The van der Waals surface area contributed by atoms with Crippen LogP contribution >= 0.6 is 0 Å². The van der Waals surface area contributed by atoms with E-state index in [9.17, 15) is 10.1 Å². The van der Waals surface area contributed by atoms with Crippen molar-refractivity contribution < 1.29 is 4.79 Å². The molecule has 1 aliphatic rings. The van der Waals surface area contributed by atoms with Crippen molar-refractivity contribution in [2.75, 3.05) is 26.7 Å². The number of likely N-dealkylation sites (N-methyl/N-ethyl adjacent to an activating group) is 2. The maximum absolute atomic E-state index is 12.2. The molecule has 1 rings (SSSR count). The highest BCUT2D eigenvalue weighted by molar-refractivity contribution is 5.78. The van der Waals surface area contributed by atoms with Crippen molar-refractivity contribution in [2.45, 2.75) is 52.5 Å². The number of nitrogens with zero attached hydrogens (tertiary/aromatic N) is 3. The summed E-state index contributed by atoms with van der Waals surface area (Å²) in [5, 5.41) is 9.33. The highest BCUT2D eigenvalue weighted by Gasteiger charge is 2.33. The maximum Gasteiger partial charge on any atom is 0.236 e. The van der Waals surface area contributed by atoms with Gasteiger partial charge in [0, 0.05) is 19.1 Å². The molecule has 4 nitrogen and oxygen atoms in total. The molecule has 1 saturated carbocycles. The molecular formula is C16H29N3O. The van der Waals surface area contributed by atoms with Crippen LogP contribution in [0.2, 0.25) is 0 Å². The van der Waals surface area contributed by atoms with Gasteiger partial charge in [-0.2, -0.15) is 5.26 Å². The van der Waals surface area contributed by atoms with E-state index in [0.717, 1.165) is 32.4 Å². The Hall–Kier alpha value is -1.08. The second-order valence-electron chi connectivity index (χ2n) is 5.87. The van der Waals surface area contributed by atoms with Gasteiger partial charge in [0.1, 0.15) is 0 Å². The molecule has 0 radical (unpaired) electrons. The first-order valence-electron chi connectivity index (χ1n) is 7.94. The minimum Gasteiger partial charge on any atom is -0.342 e. The number of carbonyl (C=O) groups is 1. The van der Waals surface area contributed by atoms with Crippen LogP contribution in [-0.4, -0.2) is 48.4 Å². The van der Waals surface area contributed by atoms with Crippen LogP contribution in [0, 0.1) is 23.2 Å². The molecule has 0 spiro atoms. The summed E-state index contributed by atoms with van der Waals surface area (Å²) < 4.78 is 0. The summed E-state index contributed by atoms with van der Waals surface area (Å²) in [6, 6.07) is 2.68. The largest absolute Gasteiger partial charge is 0.342 e. The van der Waals surface area contributed by atoms with Crippen LogP contribution in [0.25, 0.3) is 0 Å². The van der Waals surface area contributed by atoms with E-state index in [1.165, 1.54) is 6.42 Å². The molecule has 0 aromatic heterocycles. The summed E-state index contributed by atoms with van der Waals surface area (Å²) in [4.78, 5) is 16.2. The number of hydrogen-bond donors (Lipinski definition) is 0. The Balaban J connectivity index is 2.65. The lowest BCUT2D eigenvalue weighted by Crippen LogP contribution is -2.47. The lowest BCUT2D eigenvalue weighted by atomic mass is 9.77. The average Bonchev–Trinajstić information content (AvgIpc) is 2.47. The van der Waals surface area contributed by atoms with E-state index in [1.54, 1.807) is 0 Å². The molecule has 0 heterocycles. The highest BCUT2D eigenvalue weighted by atomic mass is 16.2. The number of carbonyl (C=O) groups excluding carboxylic acids is 1. The lowest BCUT2D eigenvalue weighted by molar-refractivity contribution is -0.132. The van der Waals surface area contributed by atoms with E-state index in [4.69, 9.17) is 0 Å². The third kappa shape index (κ3) is 4.21. The molecular weight excluding hydrogens is 250 g/mol. The van der Waals surface area contributed by atoms with Gasteiger partial charge in [0.25, 0.3) is 0 Å². The van der Waals surface area contributed by atoms with Gasteiger partial charge in [0.15, 0.2) is 0 Å². The van der Waals surface area contributed by atoms with Gasteiger partial charge in [-0.05, 0) is 46.1 Å². The summed E-state index contributed by atoms with van der Waals surface area (Å²) in [7, 11) is 1.99. The van der Waals surface area contributed by atoms with E-state index in [1.807, 2.05) is 25.8 Å². The maximum atomic E-state index is 12.2. The normalized spacial score (nSPS) is 26.3. The van der Waals surface area contributed by atoms with E-state index < -0.39 is 0 Å². The Morgan fingerprint density at radius 1 is 1.25 bits per heavy atom. The number of rotatable bonds is 6. The summed E-state index contributed by atoms with van der Waals surface area (Å²) in [5.74, 6) is 0.954. The standard InChI is InChI=1S/C16H29N3O/c1-5-13-8-9-14(11-17)15(10-13)18(4)12-16(20)19(6-2)7-3/h13-15H,5-10,12H2,1-4H3. The molecule has 20 heavy (non-hydrogen) atoms. The molecule has 0 saturated heterocycles. The van der Waals surface area contributed by atoms with Gasteiger partial charge in [-0.25, -0.2) is 0 Å². The fourth-order valence-corrected chi connectivity index (χ4v) is 3.25. The van der Waals surface area contributed by atoms with Gasteiger partial charge < -0.3 is 4.90 Å². The van der Waals surface area contributed by atoms with Crippen molar-refractivity contribution in [1.82, 2.24) is 9.80 Å². The van der Waals surface area contributed by atoms with E-state index in [0.29, 0.717) is 12.5 Å². The van der Waals surface area contributed by atoms with Crippen LogP contribution in [0.15, 0.2) is 0 Å². The van der Waals surface area contributed by atoms with E-state index in [-0.39, 0.29) is 17.9 Å². The Bertz CT molecular complexity index is 346. The zero-order valence-corrected chi connectivity index (χ0v) is 13.4. The highest BCUT2D eigenvalue weighted by Crippen LogP contribution is 2.33. The Labute approximate surface area is 123 Å². The van der Waals surface area contributed by atoms with Crippen LogP contribution < -0.4 is 0 Å². The second kappa shape index (κ2) is 8.26. The van der Waals surface area contributed by atoms with Crippen molar-refractivity contribution in [2.24, 2.45) is 11.8 Å². The van der Waals surface area contributed by atoms with Gasteiger partial charge in [-0.15, -0.1) is 0 Å². The molecule has 0 aromatic carbocycles. The van der Waals surface area contributed by atoms with Crippen LogP contribution in [0.3, 0.4) is 0 Å². The predicted octanol–water partition coefficient (Wildman–Crippen LogP) is 2.51. The minimum absolute atomic E-state index is 0.0762. The molecule has 0 aromatic rings. The molecule has 0 N–H and O–H groups in total. The summed E-state index contributed by atoms with van der Waals surface area (Å²) in [6.07, 6.45) is 4.36. The monoisotopic (exact) mass is 279 g/mol. The van der Waals surface area contributed by atoms with Gasteiger partial charge >= 0.3 is 0 Å². The molecule has 1 fully saturated rings. The second-order valence-corrected chi connectivity index (χ2v) is 5.87. The van der Waals surface area contributed by atoms with Crippen LogP contribution in [0.4, 0.5) is 0 Å². The quantitative estimate of drug-likeness (QED) is 0.750. The summed E-state index contributed by atoms with van der Waals surface area (Å²) in [6.45, 7) is 8.18. The van der Waals surface area contributed by atoms with Crippen LogP contribution in [0.5, 0.6) is 0 Å². The summed E-state index contributed by atoms with van der Waals surface area (Å²) >= 11 is 0. The average molecular weight is 279 g/mol. The first-order valence-corrected chi connectivity index (χ1v) is 7.94. The van der Waals surface area contributed by atoms with E-state index in [2.05, 4.69) is 17.9 Å². The minimum atomic E-state index is 0.0762. The third-order valence-corrected chi connectivity index (χ3v) is 4.74. The van der Waals surface area contributed by atoms with Crippen LogP contribution in [-0.2, 0) is 4.79 Å². The fraction of sp³-hybridized carbons (Fsp3) is 0.875. The Morgan fingerprint density at radius 3 is 2.40 bits per heavy atom. The summed E-state index contributed by atoms with van der Waals surface area (Å²) in [5.41, 5.74) is 0. The third-order valence-electron chi connectivity index (χ3n) is 4.74. The van der Waals surface area contributed by atoms with Crippen molar-refractivity contribution in [1.29, 1.82) is 5.26 Å². The van der Waals surface area contributed by atoms with Crippen LogP contribution in [0.1, 0.15) is 46.5 Å².